The summed E-state index contributed by atoms with van der Waals surface area (Å²) in [6, 6.07) is 0. The molecular weight excluding hydrogens is 210 g/mol. The highest BCUT2D eigenvalue weighted by Gasteiger charge is 2.31. The van der Waals surface area contributed by atoms with E-state index in [1.165, 1.54) is 0 Å². The molecule has 0 radical (unpaired) electrons. The molecule has 2 nitrogen and oxygen atoms in total. The van der Waals surface area contributed by atoms with Gasteiger partial charge in [0.15, 0.2) is 0 Å². The van der Waals surface area contributed by atoms with Crippen LogP contribution in [0.25, 0.3) is 0 Å². The molecule has 0 aliphatic heterocycles. The molecule has 0 spiro atoms. The van der Waals surface area contributed by atoms with Crippen LogP contribution in [-0.2, 0) is 4.74 Å². The van der Waals surface area contributed by atoms with E-state index in [2.05, 4.69) is 0 Å². The standard InChI is InChI=1S/C6H11Cl3O2/c1-2-3-4-11-5(10)6(7,8)9/h5,10H,2-4H2,1H3. The number of hydrogen-bond acceptors (Lipinski definition) is 2. The van der Waals surface area contributed by atoms with Gasteiger partial charge in [0.2, 0.25) is 10.1 Å². The maximum absolute atomic E-state index is 8.99. The van der Waals surface area contributed by atoms with Gasteiger partial charge in [-0.25, -0.2) is 0 Å². The highest BCUT2D eigenvalue weighted by molar-refractivity contribution is 6.67. The summed E-state index contributed by atoms with van der Waals surface area (Å²) in [4.78, 5) is 0. The van der Waals surface area contributed by atoms with Crippen LogP contribution in [0.2, 0.25) is 0 Å². The number of ether oxygens (including phenoxy) is 1. The van der Waals surface area contributed by atoms with E-state index in [1.807, 2.05) is 6.92 Å². The summed E-state index contributed by atoms with van der Waals surface area (Å²) in [5.41, 5.74) is 0. The maximum atomic E-state index is 8.99. The predicted octanol–water partition coefficient (Wildman–Crippen LogP) is 2.49. The summed E-state index contributed by atoms with van der Waals surface area (Å²) < 4.78 is 3.06. The van der Waals surface area contributed by atoms with Crippen LogP contribution < -0.4 is 0 Å². The van der Waals surface area contributed by atoms with Crippen LogP contribution in [0.5, 0.6) is 0 Å². The van der Waals surface area contributed by atoms with E-state index in [0.717, 1.165) is 12.8 Å². The summed E-state index contributed by atoms with van der Waals surface area (Å²) in [7, 11) is 0. The van der Waals surface area contributed by atoms with E-state index < -0.39 is 10.1 Å². The van der Waals surface area contributed by atoms with Gasteiger partial charge in [-0.3, -0.25) is 0 Å². The fourth-order valence-corrected chi connectivity index (χ4v) is 0.623. The number of halogens is 3. The van der Waals surface area contributed by atoms with Crippen LogP contribution in [0.3, 0.4) is 0 Å². The molecule has 0 aliphatic carbocycles. The van der Waals surface area contributed by atoms with Gasteiger partial charge < -0.3 is 9.84 Å². The normalized spacial score (nSPS) is 15.0. The van der Waals surface area contributed by atoms with Crippen molar-refractivity contribution < 1.29 is 9.84 Å². The molecule has 0 heterocycles. The minimum absolute atomic E-state index is 0.408. The van der Waals surface area contributed by atoms with Crippen LogP contribution in [0.4, 0.5) is 0 Å². The van der Waals surface area contributed by atoms with Crippen LogP contribution >= 0.6 is 34.8 Å². The molecule has 0 amide bonds. The smallest absolute Gasteiger partial charge is 0.240 e. The molecule has 0 rings (SSSR count). The molecule has 1 unspecified atom stereocenters. The van der Waals surface area contributed by atoms with Crippen molar-refractivity contribution in [2.75, 3.05) is 6.61 Å². The van der Waals surface area contributed by atoms with Crippen molar-refractivity contribution in [3.8, 4) is 0 Å². The first kappa shape index (κ1) is 11.8. The van der Waals surface area contributed by atoms with Crippen molar-refractivity contribution in [2.45, 2.75) is 29.8 Å². The Morgan fingerprint density at radius 3 is 2.36 bits per heavy atom. The Morgan fingerprint density at radius 1 is 1.45 bits per heavy atom. The molecule has 5 heteroatoms. The third-order valence-electron chi connectivity index (χ3n) is 1.05. The van der Waals surface area contributed by atoms with E-state index >= 15 is 0 Å². The summed E-state index contributed by atoms with van der Waals surface area (Å²) in [5.74, 6) is 0. The molecule has 0 aromatic rings. The quantitative estimate of drug-likeness (QED) is 0.449. The number of hydrogen-bond donors (Lipinski definition) is 1. The number of rotatable bonds is 4. The topological polar surface area (TPSA) is 29.5 Å². The first-order valence-corrected chi connectivity index (χ1v) is 4.48. The molecule has 1 N–H and O–H groups in total. The average Bonchev–Trinajstić information content (AvgIpc) is 1.86. The second-order valence-corrected chi connectivity index (χ2v) is 4.49. The second kappa shape index (κ2) is 5.44. The van der Waals surface area contributed by atoms with Crippen LogP contribution in [0.15, 0.2) is 0 Å². The molecule has 0 saturated heterocycles. The van der Waals surface area contributed by atoms with E-state index in [0.29, 0.717) is 6.61 Å². The SMILES string of the molecule is CCCCOC(O)C(Cl)(Cl)Cl. The number of aliphatic hydroxyl groups excluding tert-OH is 1. The fourth-order valence-electron chi connectivity index (χ4n) is 0.434. The molecule has 0 aromatic heterocycles. The van der Waals surface area contributed by atoms with Gasteiger partial charge >= 0.3 is 0 Å². The summed E-state index contributed by atoms with van der Waals surface area (Å²) in [5, 5.41) is 8.99. The van der Waals surface area contributed by atoms with Crippen molar-refractivity contribution in [3.05, 3.63) is 0 Å². The van der Waals surface area contributed by atoms with E-state index in [9.17, 15) is 0 Å². The minimum Gasteiger partial charge on any atom is -0.365 e. The number of alkyl halides is 3. The lowest BCUT2D eigenvalue weighted by atomic mass is 10.4. The largest absolute Gasteiger partial charge is 0.365 e. The Labute approximate surface area is 81.4 Å². The van der Waals surface area contributed by atoms with Crippen molar-refractivity contribution in [2.24, 2.45) is 0 Å². The van der Waals surface area contributed by atoms with Crippen LogP contribution in [-0.4, -0.2) is 21.8 Å². The average molecular weight is 222 g/mol. The zero-order valence-corrected chi connectivity index (χ0v) is 8.46. The maximum Gasteiger partial charge on any atom is 0.240 e. The van der Waals surface area contributed by atoms with Crippen molar-refractivity contribution in [3.63, 3.8) is 0 Å². The Morgan fingerprint density at radius 2 is 2.00 bits per heavy atom. The van der Waals surface area contributed by atoms with E-state index in [-0.39, 0.29) is 0 Å². The monoisotopic (exact) mass is 220 g/mol. The summed E-state index contributed by atoms with van der Waals surface area (Å²) >= 11 is 16.0. The van der Waals surface area contributed by atoms with Gasteiger partial charge in [-0.1, -0.05) is 48.1 Å². The molecule has 0 bridgehead atoms. The van der Waals surface area contributed by atoms with Gasteiger partial charge in [-0.05, 0) is 6.42 Å². The van der Waals surface area contributed by atoms with Gasteiger partial charge in [0, 0.05) is 6.61 Å². The zero-order valence-electron chi connectivity index (χ0n) is 6.19. The molecule has 0 aromatic carbocycles. The van der Waals surface area contributed by atoms with Gasteiger partial charge in [0.1, 0.15) is 0 Å². The lowest BCUT2D eigenvalue weighted by Gasteiger charge is -2.18. The van der Waals surface area contributed by atoms with Crippen LogP contribution in [0, 0.1) is 0 Å². The highest BCUT2D eigenvalue weighted by Crippen LogP contribution is 2.30. The van der Waals surface area contributed by atoms with Gasteiger partial charge in [0.05, 0.1) is 0 Å². The Kier molecular flexibility index (Phi) is 5.83. The third-order valence-corrected chi connectivity index (χ3v) is 1.61. The molecular formula is C6H11Cl3O2. The molecule has 1 atom stereocenters. The summed E-state index contributed by atoms with van der Waals surface area (Å²) in [6.45, 7) is 2.41. The van der Waals surface area contributed by atoms with Crippen LogP contribution in [0.1, 0.15) is 19.8 Å². The minimum atomic E-state index is -1.74. The zero-order chi connectivity index (χ0) is 8.91. The predicted molar refractivity (Wildman–Crippen MR) is 47.2 cm³/mol. The van der Waals surface area contributed by atoms with Gasteiger partial charge in [-0.15, -0.1) is 0 Å². The molecule has 0 saturated carbocycles. The van der Waals surface area contributed by atoms with Gasteiger partial charge in [0.25, 0.3) is 0 Å². The van der Waals surface area contributed by atoms with Crippen molar-refractivity contribution in [1.82, 2.24) is 0 Å². The highest BCUT2D eigenvalue weighted by atomic mass is 35.6. The lowest BCUT2D eigenvalue weighted by molar-refractivity contribution is -0.0959. The van der Waals surface area contributed by atoms with Crippen molar-refractivity contribution in [1.29, 1.82) is 0 Å². The van der Waals surface area contributed by atoms with Gasteiger partial charge in [-0.2, -0.15) is 0 Å². The Bertz CT molecular complexity index is 102. The van der Waals surface area contributed by atoms with E-state index in [4.69, 9.17) is 44.6 Å². The second-order valence-electron chi connectivity index (χ2n) is 2.12. The first-order valence-electron chi connectivity index (χ1n) is 3.35. The Balaban J connectivity index is 3.44. The Hall–Kier alpha value is 0.790. The van der Waals surface area contributed by atoms with Crippen molar-refractivity contribution >= 4 is 34.8 Å². The molecule has 11 heavy (non-hydrogen) atoms. The molecule has 68 valence electrons. The van der Waals surface area contributed by atoms with E-state index in [1.54, 1.807) is 0 Å². The fraction of sp³-hybridized carbons (Fsp3) is 1.00. The third kappa shape index (κ3) is 6.00. The number of unbranched alkanes of at least 4 members (excludes halogenated alkanes) is 1. The lowest BCUT2D eigenvalue weighted by Crippen LogP contribution is -2.28. The first-order chi connectivity index (χ1) is 4.98. The number of aliphatic hydroxyl groups is 1. The molecule has 0 fully saturated rings. The summed E-state index contributed by atoms with van der Waals surface area (Å²) in [6.07, 6.45) is 0.490. The molecule has 0 aliphatic rings.